The molecule has 1 amide bonds. The van der Waals surface area contributed by atoms with Gasteiger partial charge in [0.25, 0.3) is 0 Å². The maximum absolute atomic E-state index is 12.4. The second-order valence-corrected chi connectivity index (χ2v) is 5.10. The van der Waals surface area contributed by atoms with E-state index >= 15 is 0 Å². The Bertz CT molecular complexity index is 935. The minimum Gasteiger partial charge on any atom is -0.408 e. The Kier molecular flexibility index (Phi) is 3.80. The highest BCUT2D eigenvalue weighted by Crippen LogP contribution is 2.14. The Morgan fingerprint density at radius 3 is 2.48 bits per heavy atom. The van der Waals surface area contributed by atoms with Crippen LogP contribution in [0.4, 0.5) is 5.69 Å². The number of nitrogens with zero attached hydrogens (tertiary/aromatic N) is 1. The highest BCUT2D eigenvalue weighted by atomic mass is 16.4. The lowest BCUT2D eigenvalue weighted by Crippen LogP contribution is -2.20. The van der Waals surface area contributed by atoms with E-state index in [1.807, 2.05) is 0 Å². The minimum absolute atomic E-state index is 0.102. The molecule has 0 fully saturated rings. The van der Waals surface area contributed by atoms with Crippen LogP contribution in [-0.2, 0) is 11.3 Å². The number of carbonyl (C=O) groups excluding carboxylic acids is 2. The summed E-state index contributed by atoms with van der Waals surface area (Å²) < 4.78 is 6.41. The number of carbonyl (C=O) groups is 2. The van der Waals surface area contributed by atoms with Gasteiger partial charge in [-0.25, -0.2) is 4.79 Å². The third kappa shape index (κ3) is 3.06. The van der Waals surface area contributed by atoms with E-state index in [9.17, 15) is 14.4 Å². The van der Waals surface area contributed by atoms with Gasteiger partial charge in [-0.1, -0.05) is 12.1 Å². The molecule has 116 valence electrons. The molecule has 0 aliphatic heterocycles. The molecule has 0 atom stereocenters. The number of anilines is 1. The molecular formula is C17H14N2O4. The summed E-state index contributed by atoms with van der Waals surface area (Å²) in [5, 5.41) is 2.63. The molecule has 2 aromatic carbocycles. The summed E-state index contributed by atoms with van der Waals surface area (Å²) >= 11 is 0. The molecule has 6 heteroatoms. The van der Waals surface area contributed by atoms with Gasteiger partial charge in [-0.2, -0.15) is 0 Å². The molecule has 0 saturated heterocycles. The van der Waals surface area contributed by atoms with Crippen LogP contribution in [0.5, 0.6) is 0 Å². The molecule has 23 heavy (non-hydrogen) atoms. The molecule has 1 N–H and O–H groups in total. The van der Waals surface area contributed by atoms with Gasteiger partial charge in [-0.3, -0.25) is 14.2 Å². The number of hydrogen-bond acceptors (Lipinski definition) is 4. The third-order valence-corrected chi connectivity index (χ3v) is 3.40. The minimum atomic E-state index is -0.561. The average molecular weight is 310 g/mol. The molecule has 1 aromatic heterocycles. The van der Waals surface area contributed by atoms with E-state index in [0.29, 0.717) is 22.4 Å². The fourth-order valence-electron chi connectivity index (χ4n) is 2.34. The maximum atomic E-state index is 12.4. The molecule has 3 rings (SSSR count). The van der Waals surface area contributed by atoms with Gasteiger partial charge < -0.3 is 9.73 Å². The summed E-state index contributed by atoms with van der Waals surface area (Å²) in [4.78, 5) is 35.2. The molecule has 0 saturated carbocycles. The largest absolute Gasteiger partial charge is 0.420 e. The van der Waals surface area contributed by atoms with Crippen LogP contribution >= 0.6 is 0 Å². The van der Waals surface area contributed by atoms with E-state index in [-0.39, 0.29) is 18.2 Å². The normalized spacial score (nSPS) is 10.7. The number of Topliss-reactive ketones (excluding diaryl/α,β-unsaturated/α-hetero) is 1. The van der Waals surface area contributed by atoms with Crippen molar-refractivity contribution in [3.05, 3.63) is 64.6 Å². The van der Waals surface area contributed by atoms with Crippen molar-refractivity contribution < 1.29 is 14.0 Å². The van der Waals surface area contributed by atoms with Crippen molar-refractivity contribution in [3.63, 3.8) is 0 Å². The molecule has 0 unspecified atom stereocenters. The summed E-state index contributed by atoms with van der Waals surface area (Å²) in [6.07, 6.45) is 0. The van der Waals surface area contributed by atoms with E-state index in [2.05, 4.69) is 5.32 Å². The summed E-state index contributed by atoms with van der Waals surface area (Å²) in [6.45, 7) is 1.31. The van der Waals surface area contributed by atoms with Crippen molar-refractivity contribution in [1.29, 1.82) is 0 Å². The first-order valence-corrected chi connectivity index (χ1v) is 7.04. The quantitative estimate of drug-likeness (QED) is 0.750. The molecule has 3 aromatic rings. The van der Waals surface area contributed by atoms with Gasteiger partial charge in [-0.15, -0.1) is 0 Å². The zero-order valence-corrected chi connectivity index (χ0v) is 12.4. The molecular weight excluding hydrogens is 296 g/mol. The lowest BCUT2D eigenvalue weighted by Gasteiger charge is -2.05. The molecule has 1 heterocycles. The SMILES string of the molecule is CC(=O)Nc1ccc(C(=O)Cn2c(=O)oc3ccccc32)cc1. The molecule has 0 bridgehead atoms. The second-order valence-electron chi connectivity index (χ2n) is 5.10. The van der Waals surface area contributed by atoms with Crippen molar-refractivity contribution in [3.8, 4) is 0 Å². The van der Waals surface area contributed by atoms with Crippen LogP contribution in [0.3, 0.4) is 0 Å². The van der Waals surface area contributed by atoms with Gasteiger partial charge >= 0.3 is 5.76 Å². The van der Waals surface area contributed by atoms with E-state index in [4.69, 9.17) is 4.42 Å². The number of para-hydroxylation sites is 2. The molecule has 6 nitrogen and oxygen atoms in total. The number of rotatable bonds is 4. The van der Waals surface area contributed by atoms with Crippen molar-refractivity contribution in [2.45, 2.75) is 13.5 Å². The summed E-state index contributed by atoms with van der Waals surface area (Å²) in [6, 6.07) is 13.5. The number of hydrogen-bond donors (Lipinski definition) is 1. The number of amides is 1. The lowest BCUT2D eigenvalue weighted by molar-refractivity contribution is -0.114. The summed E-state index contributed by atoms with van der Waals surface area (Å²) in [5.74, 6) is -0.956. The Morgan fingerprint density at radius 1 is 1.09 bits per heavy atom. The number of ketones is 1. The number of nitrogens with one attached hydrogen (secondary N) is 1. The van der Waals surface area contributed by atoms with Crippen molar-refractivity contribution in [2.24, 2.45) is 0 Å². The van der Waals surface area contributed by atoms with Crippen molar-refractivity contribution in [1.82, 2.24) is 4.57 Å². The summed E-state index contributed by atoms with van der Waals surface area (Å²) in [7, 11) is 0. The second kappa shape index (κ2) is 5.92. The topological polar surface area (TPSA) is 81.3 Å². The lowest BCUT2D eigenvalue weighted by atomic mass is 10.1. The predicted molar refractivity (Wildman–Crippen MR) is 85.6 cm³/mol. The molecule has 0 aliphatic rings. The van der Waals surface area contributed by atoms with Crippen LogP contribution in [0, 0.1) is 0 Å². The third-order valence-electron chi connectivity index (χ3n) is 3.40. The highest BCUT2D eigenvalue weighted by Gasteiger charge is 2.13. The Balaban J connectivity index is 1.85. The molecule has 0 spiro atoms. The zero-order valence-electron chi connectivity index (χ0n) is 12.4. The standard InChI is InChI=1S/C17H14N2O4/c1-11(20)18-13-8-6-12(7-9-13)15(21)10-19-14-4-2-3-5-16(14)23-17(19)22/h2-9H,10H2,1H3,(H,18,20). The van der Waals surface area contributed by atoms with Gasteiger partial charge in [0.05, 0.1) is 12.1 Å². The monoisotopic (exact) mass is 310 g/mol. The first-order chi connectivity index (χ1) is 11.0. The van der Waals surface area contributed by atoms with Gasteiger partial charge in [0, 0.05) is 18.2 Å². The van der Waals surface area contributed by atoms with Crippen LogP contribution in [0.2, 0.25) is 0 Å². The highest BCUT2D eigenvalue weighted by molar-refractivity contribution is 5.97. The van der Waals surface area contributed by atoms with Crippen LogP contribution in [0.1, 0.15) is 17.3 Å². The van der Waals surface area contributed by atoms with E-state index < -0.39 is 5.76 Å². The van der Waals surface area contributed by atoms with E-state index in [1.165, 1.54) is 11.5 Å². The van der Waals surface area contributed by atoms with Crippen molar-refractivity contribution >= 4 is 28.5 Å². The Hall–Kier alpha value is -3.15. The van der Waals surface area contributed by atoms with Crippen LogP contribution in [-0.4, -0.2) is 16.3 Å². The first kappa shape index (κ1) is 14.8. The van der Waals surface area contributed by atoms with Gasteiger partial charge in [0.15, 0.2) is 11.4 Å². The van der Waals surface area contributed by atoms with E-state index in [1.54, 1.807) is 48.5 Å². The van der Waals surface area contributed by atoms with Gasteiger partial charge in [-0.05, 0) is 36.4 Å². The number of aromatic nitrogens is 1. The van der Waals surface area contributed by atoms with Crippen LogP contribution < -0.4 is 11.1 Å². The first-order valence-electron chi connectivity index (χ1n) is 7.04. The smallest absolute Gasteiger partial charge is 0.408 e. The van der Waals surface area contributed by atoms with Crippen LogP contribution in [0.15, 0.2) is 57.7 Å². The Morgan fingerprint density at radius 2 is 1.78 bits per heavy atom. The number of benzene rings is 2. The number of fused-ring (bicyclic) bond motifs is 1. The fraction of sp³-hybridized carbons (Fsp3) is 0.118. The Labute approximate surface area is 131 Å². The van der Waals surface area contributed by atoms with Crippen LogP contribution in [0.25, 0.3) is 11.1 Å². The van der Waals surface area contributed by atoms with Gasteiger partial charge in [0.2, 0.25) is 5.91 Å². The van der Waals surface area contributed by atoms with Gasteiger partial charge in [0.1, 0.15) is 0 Å². The number of oxazole rings is 1. The zero-order chi connectivity index (χ0) is 16.4. The maximum Gasteiger partial charge on any atom is 0.420 e. The van der Waals surface area contributed by atoms with Crippen molar-refractivity contribution in [2.75, 3.05) is 5.32 Å². The molecule has 0 radical (unpaired) electrons. The average Bonchev–Trinajstić information content (AvgIpc) is 2.83. The predicted octanol–water partition coefficient (Wildman–Crippen LogP) is 2.44. The molecule has 0 aliphatic carbocycles. The fourth-order valence-corrected chi connectivity index (χ4v) is 2.34. The van der Waals surface area contributed by atoms with E-state index in [0.717, 1.165) is 0 Å². The summed E-state index contributed by atoms with van der Waals surface area (Å²) in [5.41, 5.74) is 2.10.